The molecule has 0 aromatic heterocycles. The van der Waals surface area contributed by atoms with Gasteiger partial charge in [-0.2, -0.15) is 0 Å². The summed E-state index contributed by atoms with van der Waals surface area (Å²) in [7, 11) is 0. The van der Waals surface area contributed by atoms with E-state index in [1.807, 2.05) is 30.3 Å². The Balaban J connectivity index is 1.82. The van der Waals surface area contributed by atoms with Crippen LogP contribution in [0.2, 0.25) is 0 Å². The van der Waals surface area contributed by atoms with Crippen LogP contribution in [-0.2, 0) is 14.3 Å². The molecule has 0 atom stereocenters. The van der Waals surface area contributed by atoms with Crippen molar-refractivity contribution in [3.8, 4) is 0 Å². The van der Waals surface area contributed by atoms with Crippen molar-refractivity contribution < 1.29 is 19.4 Å². The molecule has 0 unspecified atom stereocenters. The van der Waals surface area contributed by atoms with E-state index in [0.29, 0.717) is 18.9 Å². The normalized spacial score (nSPS) is 14.0. The first-order valence-corrected chi connectivity index (χ1v) is 6.47. The summed E-state index contributed by atoms with van der Waals surface area (Å²) in [5.74, 6) is -0.958. The Labute approximate surface area is 116 Å². The molecule has 1 N–H and O–H groups in total. The van der Waals surface area contributed by atoms with Crippen LogP contribution >= 0.6 is 0 Å². The minimum absolute atomic E-state index is 0.0300. The molecule has 1 aliphatic rings. The van der Waals surface area contributed by atoms with E-state index in [0.717, 1.165) is 5.69 Å². The second-order valence-electron chi connectivity index (χ2n) is 4.42. The van der Waals surface area contributed by atoms with E-state index in [1.165, 1.54) is 0 Å². The monoisotopic (exact) mass is 276 g/mol. The summed E-state index contributed by atoms with van der Waals surface area (Å²) in [6.45, 7) is 0.668. The van der Waals surface area contributed by atoms with Gasteiger partial charge in [-0.3, -0.25) is 14.6 Å². The van der Waals surface area contributed by atoms with Gasteiger partial charge in [0.25, 0.3) is 0 Å². The number of carbonyl (C=O) groups excluding carboxylic acids is 1. The Morgan fingerprint density at radius 3 is 2.70 bits per heavy atom. The lowest BCUT2D eigenvalue weighted by atomic mass is 10.2. The number of anilines is 1. The number of hydrogen-bond donors (Lipinski definition) is 1. The third-order valence-electron chi connectivity index (χ3n) is 2.83. The molecule has 20 heavy (non-hydrogen) atoms. The summed E-state index contributed by atoms with van der Waals surface area (Å²) in [5, 5.41) is 14.5. The van der Waals surface area contributed by atoms with Crippen LogP contribution in [0.25, 0.3) is 0 Å². The van der Waals surface area contributed by atoms with Crippen molar-refractivity contribution in [2.45, 2.75) is 25.7 Å². The number of carboxylic acids is 1. The van der Waals surface area contributed by atoms with Gasteiger partial charge in [0.15, 0.2) is 0 Å². The summed E-state index contributed by atoms with van der Waals surface area (Å²) in [6.07, 6.45) is 0.914. The highest BCUT2D eigenvalue weighted by Crippen LogP contribution is 2.19. The molecule has 6 heteroatoms. The Morgan fingerprint density at radius 2 is 2.00 bits per heavy atom. The minimum Gasteiger partial charge on any atom is -0.481 e. The number of carbonyl (C=O) groups is 2. The van der Waals surface area contributed by atoms with Crippen molar-refractivity contribution in [2.75, 3.05) is 11.6 Å². The van der Waals surface area contributed by atoms with Gasteiger partial charge in [0.2, 0.25) is 5.90 Å². The van der Waals surface area contributed by atoms with Crippen LogP contribution in [0.4, 0.5) is 5.69 Å². The van der Waals surface area contributed by atoms with E-state index in [1.54, 1.807) is 5.01 Å². The maximum absolute atomic E-state index is 11.5. The molecule has 0 amide bonds. The van der Waals surface area contributed by atoms with Crippen LogP contribution in [0.3, 0.4) is 0 Å². The molecule has 1 aromatic rings. The Hall–Kier alpha value is -2.37. The van der Waals surface area contributed by atoms with Gasteiger partial charge in [-0.25, -0.2) is 0 Å². The molecule has 0 saturated carbocycles. The van der Waals surface area contributed by atoms with Gasteiger partial charge in [0.1, 0.15) is 0 Å². The predicted molar refractivity (Wildman–Crippen MR) is 73.4 cm³/mol. The molecule has 0 saturated heterocycles. The molecule has 1 aliphatic heterocycles. The molecule has 0 radical (unpaired) electrons. The van der Waals surface area contributed by atoms with Gasteiger partial charge in [-0.05, 0) is 18.6 Å². The standard InChI is InChI=1S/C14H16N2O4/c17-13(18)7-4-8-14(19)20-12-9-10-16(15-12)11-5-2-1-3-6-11/h1-3,5-6H,4,7-10H2,(H,17,18). The van der Waals surface area contributed by atoms with E-state index < -0.39 is 11.9 Å². The van der Waals surface area contributed by atoms with E-state index in [-0.39, 0.29) is 19.3 Å². The highest BCUT2D eigenvalue weighted by molar-refractivity contribution is 5.91. The fourth-order valence-corrected chi connectivity index (χ4v) is 1.86. The number of esters is 1. The average molecular weight is 276 g/mol. The Kier molecular flexibility index (Phi) is 4.70. The van der Waals surface area contributed by atoms with E-state index in [9.17, 15) is 9.59 Å². The van der Waals surface area contributed by atoms with Gasteiger partial charge < -0.3 is 9.84 Å². The first-order valence-electron chi connectivity index (χ1n) is 6.47. The van der Waals surface area contributed by atoms with Gasteiger partial charge >= 0.3 is 11.9 Å². The molecule has 1 heterocycles. The third kappa shape index (κ3) is 4.08. The van der Waals surface area contributed by atoms with Crippen molar-refractivity contribution in [3.63, 3.8) is 0 Å². The zero-order valence-electron chi connectivity index (χ0n) is 11.0. The predicted octanol–water partition coefficient (Wildman–Crippen LogP) is 2.01. The van der Waals surface area contributed by atoms with Crippen LogP contribution < -0.4 is 5.01 Å². The molecular formula is C14H16N2O4. The maximum atomic E-state index is 11.5. The maximum Gasteiger partial charge on any atom is 0.312 e. The number of carboxylic acid groups (broad SMARTS) is 1. The zero-order valence-corrected chi connectivity index (χ0v) is 11.0. The van der Waals surface area contributed by atoms with Crippen molar-refractivity contribution in [2.24, 2.45) is 5.10 Å². The van der Waals surface area contributed by atoms with Crippen molar-refractivity contribution in [1.29, 1.82) is 0 Å². The number of para-hydroxylation sites is 1. The Bertz CT molecular complexity index is 513. The van der Waals surface area contributed by atoms with E-state index in [2.05, 4.69) is 5.10 Å². The number of rotatable bonds is 5. The number of hydrogen-bond acceptors (Lipinski definition) is 5. The van der Waals surface area contributed by atoms with Gasteiger partial charge in [-0.15, -0.1) is 5.10 Å². The molecule has 6 nitrogen and oxygen atoms in total. The summed E-state index contributed by atoms with van der Waals surface area (Å²) < 4.78 is 5.12. The molecule has 0 spiro atoms. The second-order valence-corrected chi connectivity index (χ2v) is 4.42. The quantitative estimate of drug-likeness (QED) is 0.832. The zero-order chi connectivity index (χ0) is 14.4. The van der Waals surface area contributed by atoms with E-state index >= 15 is 0 Å². The summed E-state index contributed by atoms with van der Waals surface area (Å²) in [5.41, 5.74) is 0.949. The fourth-order valence-electron chi connectivity index (χ4n) is 1.86. The summed E-state index contributed by atoms with van der Waals surface area (Å²) in [4.78, 5) is 21.9. The number of nitrogens with zero attached hydrogens (tertiary/aromatic N) is 2. The molecule has 2 rings (SSSR count). The first-order chi connectivity index (χ1) is 9.65. The van der Waals surface area contributed by atoms with Crippen LogP contribution in [-0.4, -0.2) is 29.5 Å². The van der Waals surface area contributed by atoms with Crippen LogP contribution in [0, 0.1) is 0 Å². The molecule has 106 valence electrons. The topological polar surface area (TPSA) is 79.2 Å². The fraction of sp³-hybridized carbons (Fsp3) is 0.357. The number of hydrazone groups is 1. The molecule has 1 aromatic carbocycles. The molecule has 0 aliphatic carbocycles. The molecule has 0 bridgehead atoms. The average Bonchev–Trinajstić information content (AvgIpc) is 2.88. The first kappa shape index (κ1) is 14.0. The highest BCUT2D eigenvalue weighted by Gasteiger charge is 2.19. The lowest BCUT2D eigenvalue weighted by Crippen LogP contribution is -2.11. The smallest absolute Gasteiger partial charge is 0.312 e. The SMILES string of the molecule is O=C(O)CCCC(=O)OC1=NN(c2ccccc2)CC1. The minimum atomic E-state index is -0.911. The summed E-state index contributed by atoms with van der Waals surface area (Å²) >= 11 is 0. The number of benzene rings is 1. The third-order valence-corrected chi connectivity index (χ3v) is 2.83. The van der Waals surface area contributed by atoms with Crippen LogP contribution in [0.5, 0.6) is 0 Å². The lowest BCUT2D eigenvalue weighted by molar-refractivity contribution is -0.138. The molecular weight excluding hydrogens is 260 g/mol. The number of aliphatic carboxylic acids is 1. The van der Waals surface area contributed by atoms with E-state index in [4.69, 9.17) is 9.84 Å². The lowest BCUT2D eigenvalue weighted by Gasteiger charge is -2.11. The van der Waals surface area contributed by atoms with Crippen LogP contribution in [0.1, 0.15) is 25.7 Å². The van der Waals surface area contributed by atoms with Crippen molar-refractivity contribution >= 4 is 23.5 Å². The second kappa shape index (κ2) is 6.70. The molecule has 0 fully saturated rings. The van der Waals surface area contributed by atoms with Gasteiger partial charge in [-0.1, -0.05) is 18.2 Å². The van der Waals surface area contributed by atoms with Gasteiger partial charge in [0, 0.05) is 19.3 Å². The van der Waals surface area contributed by atoms with Crippen molar-refractivity contribution in [1.82, 2.24) is 0 Å². The van der Waals surface area contributed by atoms with Crippen LogP contribution in [0.15, 0.2) is 35.4 Å². The van der Waals surface area contributed by atoms with Gasteiger partial charge in [0.05, 0.1) is 12.2 Å². The largest absolute Gasteiger partial charge is 0.481 e. The summed E-state index contributed by atoms with van der Waals surface area (Å²) in [6, 6.07) is 9.62. The number of ether oxygens (including phenoxy) is 1. The van der Waals surface area contributed by atoms with Crippen molar-refractivity contribution in [3.05, 3.63) is 30.3 Å². The Morgan fingerprint density at radius 1 is 1.25 bits per heavy atom. The highest BCUT2D eigenvalue weighted by atomic mass is 16.5.